The Hall–Kier alpha value is -2.90. The van der Waals surface area contributed by atoms with Crippen LogP contribution in [0.15, 0.2) is 42.9 Å². The number of nitrogens with one attached hydrogen (secondary N) is 1. The van der Waals surface area contributed by atoms with Gasteiger partial charge in [0.2, 0.25) is 5.91 Å². The van der Waals surface area contributed by atoms with E-state index in [1.807, 2.05) is 30.6 Å². The van der Waals surface area contributed by atoms with E-state index >= 15 is 0 Å². The number of rotatable bonds is 5. The molecule has 0 aromatic carbocycles. The fraction of sp³-hybridized carbons (Fsp3) is 0.391. The second-order valence-electron chi connectivity index (χ2n) is 8.31. The molecule has 30 heavy (non-hydrogen) atoms. The van der Waals surface area contributed by atoms with Crippen LogP contribution in [0, 0.1) is 5.92 Å². The smallest absolute Gasteiger partial charge is 0.228 e. The van der Waals surface area contributed by atoms with Crippen molar-refractivity contribution in [2.45, 2.75) is 38.3 Å². The number of pyridine rings is 3. The van der Waals surface area contributed by atoms with Gasteiger partial charge in [-0.1, -0.05) is 0 Å². The van der Waals surface area contributed by atoms with E-state index in [-0.39, 0.29) is 17.9 Å². The maximum Gasteiger partial charge on any atom is 0.228 e. The van der Waals surface area contributed by atoms with Gasteiger partial charge in [0, 0.05) is 61.2 Å². The highest BCUT2D eigenvalue weighted by atomic mass is 16.3. The SMILES string of the molecule is O=C(Nc1cc2nc(-c3cncc(CN4CCC(O)CC4)c3)ccc2cn1)C1CC1. The van der Waals surface area contributed by atoms with E-state index < -0.39 is 0 Å². The van der Waals surface area contributed by atoms with Crippen LogP contribution in [0.2, 0.25) is 0 Å². The van der Waals surface area contributed by atoms with E-state index in [1.165, 1.54) is 0 Å². The van der Waals surface area contributed by atoms with E-state index in [9.17, 15) is 9.90 Å². The Labute approximate surface area is 175 Å². The number of hydrogen-bond donors (Lipinski definition) is 2. The molecule has 2 N–H and O–H groups in total. The van der Waals surface area contributed by atoms with Gasteiger partial charge in [0.1, 0.15) is 5.82 Å². The van der Waals surface area contributed by atoms with E-state index in [0.717, 1.165) is 73.0 Å². The van der Waals surface area contributed by atoms with Gasteiger partial charge in [0.05, 0.1) is 17.3 Å². The molecule has 1 aliphatic carbocycles. The molecule has 1 amide bonds. The summed E-state index contributed by atoms with van der Waals surface area (Å²) in [4.78, 5) is 27.9. The normalized spacial score (nSPS) is 17.9. The van der Waals surface area contributed by atoms with Crippen molar-refractivity contribution >= 4 is 22.6 Å². The second-order valence-corrected chi connectivity index (χ2v) is 8.31. The fourth-order valence-corrected chi connectivity index (χ4v) is 3.87. The topological polar surface area (TPSA) is 91.2 Å². The fourth-order valence-electron chi connectivity index (χ4n) is 3.87. The Kier molecular flexibility index (Phi) is 5.14. The third-order valence-corrected chi connectivity index (χ3v) is 5.83. The van der Waals surface area contributed by atoms with Crippen molar-refractivity contribution < 1.29 is 9.90 Å². The average Bonchev–Trinajstić information content (AvgIpc) is 3.61. The van der Waals surface area contributed by atoms with Gasteiger partial charge in [-0.05, 0) is 49.4 Å². The van der Waals surface area contributed by atoms with Crippen LogP contribution in [-0.4, -0.2) is 50.1 Å². The first-order chi connectivity index (χ1) is 14.6. The van der Waals surface area contributed by atoms with Crippen molar-refractivity contribution in [2.24, 2.45) is 5.92 Å². The molecule has 3 aromatic rings. The van der Waals surface area contributed by atoms with E-state index in [0.29, 0.717) is 5.82 Å². The largest absolute Gasteiger partial charge is 0.393 e. The zero-order valence-electron chi connectivity index (χ0n) is 16.8. The monoisotopic (exact) mass is 403 g/mol. The predicted molar refractivity (Wildman–Crippen MR) is 115 cm³/mol. The summed E-state index contributed by atoms with van der Waals surface area (Å²) in [5, 5.41) is 13.5. The van der Waals surface area contributed by atoms with Gasteiger partial charge >= 0.3 is 0 Å². The van der Waals surface area contributed by atoms with Gasteiger partial charge in [-0.2, -0.15) is 0 Å². The lowest BCUT2D eigenvalue weighted by molar-refractivity contribution is -0.117. The van der Waals surface area contributed by atoms with Gasteiger partial charge < -0.3 is 10.4 Å². The van der Waals surface area contributed by atoms with Gasteiger partial charge in [0.15, 0.2) is 0 Å². The number of piperidine rings is 1. The molecule has 2 fully saturated rings. The van der Waals surface area contributed by atoms with Gasteiger partial charge in [-0.3, -0.25) is 14.7 Å². The van der Waals surface area contributed by atoms with Crippen molar-refractivity contribution in [3.63, 3.8) is 0 Å². The first-order valence-electron chi connectivity index (χ1n) is 10.6. The molecule has 1 saturated carbocycles. The quantitative estimate of drug-likeness (QED) is 0.681. The van der Waals surface area contributed by atoms with Crippen LogP contribution in [0.1, 0.15) is 31.2 Å². The number of fused-ring (bicyclic) bond motifs is 1. The molecule has 2 aliphatic rings. The van der Waals surface area contributed by atoms with Gasteiger partial charge in [-0.15, -0.1) is 0 Å². The Morgan fingerprint density at radius 1 is 1.10 bits per heavy atom. The zero-order valence-corrected chi connectivity index (χ0v) is 16.8. The van der Waals surface area contributed by atoms with Crippen LogP contribution in [-0.2, 0) is 11.3 Å². The van der Waals surface area contributed by atoms with Crippen molar-refractivity contribution in [1.29, 1.82) is 0 Å². The maximum atomic E-state index is 12.0. The minimum absolute atomic E-state index is 0.0418. The van der Waals surface area contributed by atoms with E-state index in [4.69, 9.17) is 4.98 Å². The highest BCUT2D eigenvalue weighted by Crippen LogP contribution is 2.30. The first-order valence-corrected chi connectivity index (χ1v) is 10.6. The second kappa shape index (κ2) is 8.08. The molecule has 0 spiro atoms. The minimum atomic E-state index is -0.166. The number of hydrogen-bond acceptors (Lipinski definition) is 6. The molecule has 7 heteroatoms. The summed E-state index contributed by atoms with van der Waals surface area (Å²) in [6, 6.07) is 7.93. The molecule has 4 heterocycles. The molecule has 0 radical (unpaired) electrons. The number of nitrogens with zero attached hydrogens (tertiary/aromatic N) is 4. The summed E-state index contributed by atoms with van der Waals surface area (Å²) >= 11 is 0. The van der Waals surface area contributed by atoms with E-state index in [2.05, 4.69) is 26.3 Å². The van der Waals surface area contributed by atoms with Crippen molar-refractivity contribution in [1.82, 2.24) is 19.9 Å². The summed E-state index contributed by atoms with van der Waals surface area (Å²) < 4.78 is 0. The van der Waals surface area contributed by atoms with Crippen LogP contribution in [0.3, 0.4) is 0 Å². The lowest BCUT2D eigenvalue weighted by Crippen LogP contribution is -2.35. The van der Waals surface area contributed by atoms with Crippen molar-refractivity contribution in [2.75, 3.05) is 18.4 Å². The number of carbonyl (C=O) groups is 1. The molecule has 7 nitrogen and oxygen atoms in total. The van der Waals surface area contributed by atoms with Crippen molar-refractivity contribution in [3.8, 4) is 11.3 Å². The molecular formula is C23H25N5O2. The highest BCUT2D eigenvalue weighted by molar-refractivity contribution is 5.95. The molecule has 5 rings (SSSR count). The number of aromatic nitrogens is 3. The Morgan fingerprint density at radius 2 is 1.93 bits per heavy atom. The summed E-state index contributed by atoms with van der Waals surface area (Å²) in [5.74, 6) is 0.724. The third kappa shape index (κ3) is 4.32. The van der Waals surface area contributed by atoms with Gasteiger partial charge in [0.25, 0.3) is 0 Å². The number of anilines is 1. The summed E-state index contributed by atoms with van der Waals surface area (Å²) in [5.41, 5.74) is 3.74. The van der Waals surface area contributed by atoms with E-state index in [1.54, 1.807) is 6.20 Å². The van der Waals surface area contributed by atoms with Crippen LogP contribution >= 0.6 is 0 Å². The third-order valence-electron chi connectivity index (χ3n) is 5.83. The first kappa shape index (κ1) is 19.1. The molecule has 1 saturated heterocycles. The Bertz CT molecular complexity index is 1070. The molecule has 0 atom stereocenters. The highest BCUT2D eigenvalue weighted by Gasteiger charge is 2.29. The lowest BCUT2D eigenvalue weighted by Gasteiger charge is -2.29. The predicted octanol–water partition coefficient (Wildman–Crippen LogP) is 3.00. The molecule has 0 unspecified atom stereocenters. The Balaban J connectivity index is 1.36. The Morgan fingerprint density at radius 3 is 2.73 bits per heavy atom. The standard InChI is InChI=1S/C23H25N5O2/c29-19-5-7-28(8-6-19)14-15-9-18(12-24-11-15)20-4-3-17-13-25-22(10-21(17)26-20)27-23(30)16-1-2-16/h3-4,9-13,16,19,29H,1-2,5-8,14H2,(H,25,27,30). The summed E-state index contributed by atoms with van der Waals surface area (Å²) in [7, 11) is 0. The summed E-state index contributed by atoms with van der Waals surface area (Å²) in [6.45, 7) is 2.63. The molecular weight excluding hydrogens is 378 g/mol. The lowest BCUT2D eigenvalue weighted by atomic mass is 10.1. The van der Waals surface area contributed by atoms with Gasteiger partial charge in [-0.25, -0.2) is 9.97 Å². The molecule has 154 valence electrons. The summed E-state index contributed by atoms with van der Waals surface area (Å²) in [6.07, 6.45) is 8.88. The minimum Gasteiger partial charge on any atom is -0.393 e. The van der Waals surface area contributed by atoms with Crippen molar-refractivity contribution in [3.05, 3.63) is 48.4 Å². The zero-order chi connectivity index (χ0) is 20.5. The molecule has 0 bridgehead atoms. The van der Waals surface area contributed by atoms with Crippen LogP contribution in [0.5, 0.6) is 0 Å². The maximum absolute atomic E-state index is 12.0. The number of likely N-dealkylation sites (tertiary alicyclic amines) is 1. The molecule has 3 aromatic heterocycles. The van der Waals surface area contributed by atoms with Crippen LogP contribution < -0.4 is 5.32 Å². The van der Waals surface area contributed by atoms with Crippen LogP contribution in [0.4, 0.5) is 5.82 Å². The molecule has 1 aliphatic heterocycles. The number of carbonyl (C=O) groups excluding carboxylic acids is 1. The van der Waals surface area contributed by atoms with Crippen LogP contribution in [0.25, 0.3) is 22.2 Å². The number of aliphatic hydroxyl groups excluding tert-OH is 1. The number of aliphatic hydroxyl groups is 1. The number of amides is 1. The average molecular weight is 403 g/mol.